The average Bonchev–Trinajstić information content (AvgIpc) is 2.61. The van der Waals surface area contributed by atoms with Crippen molar-refractivity contribution in [1.82, 2.24) is 4.98 Å². The second-order valence-electron chi connectivity index (χ2n) is 5.58. The predicted molar refractivity (Wildman–Crippen MR) is 96.3 cm³/mol. The van der Waals surface area contributed by atoms with E-state index >= 15 is 0 Å². The zero-order valence-corrected chi connectivity index (χ0v) is 13.8. The Morgan fingerprint density at radius 3 is 2.73 bits per heavy atom. The van der Waals surface area contributed by atoms with Crippen LogP contribution in [0, 0.1) is 10.1 Å². The quantitative estimate of drug-likeness (QED) is 0.541. The smallest absolute Gasteiger partial charge is 0.282 e. The fraction of sp³-hybridized carbons (Fsp3) is 0.111. The highest BCUT2D eigenvalue weighted by atomic mass is 16.6. The van der Waals surface area contributed by atoms with Crippen LogP contribution in [0.5, 0.6) is 0 Å². The number of para-hydroxylation sites is 1. The van der Waals surface area contributed by atoms with Gasteiger partial charge in [0.2, 0.25) is 5.56 Å². The molecular formula is C18H15N3O5. The summed E-state index contributed by atoms with van der Waals surface area (Å²) in [6.45, 7) is 0.280. The van der Waals surface area contributed by atoms with Crippen LogP contribution < -0.4 is 10.9 Å². The SMILES string of the molecule is COCc1cc(=O)[nH]c2cc(NC(=O)c3ccccc3[N+](=O)[O-])ccc12. The molecule has 0 radical (unpaired) electrons. The summed E-state index contributed by atoms with van der Waals surface area (Å²) in [5.41, 5.74) is 1.06. The van der Waals surface area contributed by atoms with Crippen LogP contribution in [0.1, 0.15) is 15.9 Å². The number of aromatic amines is 1. The first kappa shape index (κ1) is 17.3. The highest BCUT2D eigenvalue weighted by Crippen LogP contribution is 2.23. The molecule has 0 fully saturated rings. The van der Waals surface area contributed by atoms with Crippen molar-refractivity contribution in [3.8, 4) is 0 Å². The number of nitrogens with zero attached hydrogens (tertiary/aromatic N) is 1. The van der Waals surface area contributed by atoms with Gasteiger partial charge in [0.15, 0.2) is 0 Å². The van der Waals surface area contributed by atoms with Crippen LogP contribution in [-0.4, -0.2) is 22.9 Å². The van der Waals surface area contributed by atoms with Crippen LogP contribution in [-0.2, 0) is 11.3 Å². The second kappa shape index (κ2) is 7.16. The number of hydrogen-bond donors (Lipinski definition) is 2. The van der Waals surface area contributed by atoms with Crippen molar-refractivity contribution in [2.45, 2.75) is 6.61 Å². The number of aromatic nitrogens is 1. The summed E-state index contributed by atoms with van der Waals surface area (Å²) >= 11 is 0. The summed E-state index contributed by atoms with van der Waals surface area (Å²) in [6.07, 6.45) is 0. The summed E-state index contributed by atoms with van der Waals surface area (Å²) in [4.78, 5) is 37.3. The van der Waals surface area contributed by atoms with E-state index in [0.717, 1.165) is 10.9 Å². The molecule has 132 valence electrons. The third-order valence-electron chi connectivity index (χ3n) is 3.83. The van der Waals surface area contributed by atoms with Gasteiger partial charge in [-0.3, -0.25) is 19.7 Å². The predicted octanol–water partition coefficient (Wildman–Crippen LogP) is 2.84. The fourth-order valence-electron chi connectivity index (χ4n) is 2.71. The molecule has 3 aromatic rings. The molecule has 3 rings (SSSR count). The average molecular weight is 353 g/mol. The molecule has 0 aliphatic rings. The van der Waals surface area contributed by atoms with Crippen molar-refractivity contribution < 1.29 is 14.5 Å². The van der Waals surface area contributed by atoms with Gasteiger partial charge in [0.1, 0.15) is 5.56 Å². The molecule has 1 heterocycles. The number of amides is 1. The Bertz CT molecular complexity index is 1060. The van der Waals surface area contributed by atoms with Crippen molar-refractivity contribution in [3.63, 3.8) is 0 Å². The maximum atomic E-state index is 12.4. The van der Waals surface area contributed by atoms with Crippen LogP contribution in [0.15, 0.2) is 53.3 Å². The molecule has 0 unspecified atom stereocenters. The van der Waals surface area contributed by atoms with Gasteiger partial charge in [0.25, 0.3) is 11.6 Å². The van der Waals surface area contributed by atoms with Crippen molar-refractivity contribution in [2.75, 3.05) is 12.4 Å². The van der Waals surface area contributed by atoms with Gasteiger partial charge in [-0.15, -0.1) is 0 Å². The third-order valence-corrected chi connectivity index (χ3v) is 3.83. The Labute approximate surface area is 147 Å². The number of nitrogens with one attached hydrogen (secondary N) is 2. The van der Waals surface area contributed by atoms with Crippen LogP contribution in [0.4, 0.5) is 11.4 Å². The van der Waals surface area contributed by atoms with Crippen molar-refractivity contribution in [3.05, 3.63) is 80.1 Å². The maximum Gasteiger partial charge on any atom is 0.282 e. The molecule has 0 aliphatic heterocycles. The van der Waals surface area contributed by atoms with Gasteiger partial charge in [0.05, 0.1) is 17.0 Å². The zero-order valence-electron chi connectivity index (χ0n) is 13.8. The summed E-state index contributed by atoms with van der Waals surface area (Å²) in [5, 5.41) is 14.5. The Morgan fingerprint density at radius 1 is 1.23 bits per heavy atom. The van der Waals surface area contributed by atoms with Crippen LogP contribution in [0.2, 0.25) is 0 Å². The van der Waals surface area contributed by atoms with Gasteiger partial charge < -0.3 is 15.0 Å². The van der Waals surface area contributed by atoms with Gasteiger partial charge in [0, 0.05) is 30.3 Å². The number of carbonyl (C=O) groups excluding carboxylic acids is 1. The molecule has 2 aromatic carbocycles. The lowest BCUT2D eigenvalue weighted by Crippen LogP contribution is -2.14. The number of nitro benzene ring substituents is 1. The van der Waals surface area contributed by atoms with E-state index < -0.39 is 10.8 Å². The standard InChI is InChI=1S/C18H15N3O5/c1-26-10-11-8-17(22)20-15-9-12(6-7-13(11)15)19-18(23)14-4-2-3-5-16(14)21(24)25/h2-9H,10H2,1H3,(H,19,23)(H,20,22). The monoisotopic (exact) mass is 353 g/mol. The van der Waals surface area contributed by atoms with Crippen molar-refractivity contribution in [2.24, 2.45) is 0 Å². The molecular weight excluding hydrogens is 338 g/mol. The minimum absolute atomic E-state index is 0.0424. The van der Waals surface area contributed by atoms with E-state index in [4.69, 9.17) is 4.74 Å². The van der Waals surface area contributed by atoms with Crippen molar-refractivity contribution in [1.29, 1.82) is 0 Å². The van der Waals surface area contributed by atoms with Gasteiger partial charge in [-0.2, -0.15) is 0 Å². The van der Waals surface area contributed by atoms with E-state index in [2.05, 4.69) is 10.3 Å². The summed E-state index contributed by atoms with van der Waals surface area (Å²) in [6, 6.07) is 12.2. The minimum Gasteiger partial charge on any atom is -0.380 e. The minimum atomic E-state index is -0.607. The molecule has 0 aliphatic carbocycles. The van der Waals surface area contributed by atoms with Gasteiger partial charge >= 0.3 is 0 Å². The Hall–Kier alpha value is -3.52. The number of methoxy groups -OCH3 is 1. The topological polar surface area (TPSA) is 114 Å². The number of carbonyl (C=O) groups is 1. The lowest BCUT2D eigenvalue weighted by Gasteiger charge is -2.09. The molecule has 1 aromatic heterocycles. The van der Waals surface area contributed by atoms with E-state index in [1.54, 1.807) is 24.3 Å². The first-order valence-electron chi connectivity index (χ1n) is 7.69. The number of pyridine rings is 1. The highest BCUT2D eigenvalue weighted by molar-refractivity contribution is 6.07. The van der Waals surface area contributed by atoms with Gasteiger partial charge in [-0.05, 0) is 23.8 Å². The lowest BCUT2D eigenvalue weighted by molar-refractivity contribution is -0.385. The highest BCUT2D eigenvalue weighted by Gasteiger charge is 2.19. The molecule has 8 heteroatoms. The van der Waals surface area contributed by atoms with E-state index in [1.165, 1.54) is 31.4 Å². The largest absolute Gasteiger partial charge is 0.380 e. The molecule has 0 atom stereocenters. The summed E-state index contributed by atoms with van der Waals surface area (Å²) in [5.74, 6) is -0.605. The maximum absolute atomic E-state index is 12.4. The number of rotatable bonds is 5. The van der Waals surface area contributed by atoms with E-state index in [9.17, 15) is 19.7 Å². The second-order valence-corrected chi connectivity index (χ2v) is 5.58. The number of fused-ring (bicyclic) bond motifs is 1. The summed E-state index contributed by atoms with van der Waals surface area (Å²) < 4.78 is 5.09. The number of H-pyrrole nitrogens is 1. The summed E-state index contributed by atoms with van der Waals surface area (Å²) in [7, 11) is 1.54. The Morgan fingerprint density at radius 2 is 2.00 bits per heavy atom. The van der Waals surface area contributed by atoms with Gasteiger partial charge in [-0.1, -0.05) is 18.2 Å². The van der Waals surface area contributed by atoms with E-state index in [1.807, 2.05) is 0 Å². The lowest BCUT2D eigenvalue weighted by atomic mass is 10.1. The number of hydrogen-bond acceptors (Lipinski definition) is 5. The molecule has 8 nitrogen and oxygen atoms in total. The molecule has 2 N–H and O–H groups in total. The van der Waals surface area contributed by atoms with Crippen LogP contribution >= 0.6 is 0 Å². The van der Waals surface area contributed by atoms with Gasteiger partial charge in [-0.25, -0.2) is 0 Å². The Balaban J connectivity index is 1.96. The Kier molecular flexibility index (Phi) is 4.76. The molecule has 0 bridgehead atoms. The molecule has 0 saturated carbocycles. The molecule has 0 spiro atoms. The normalized spacial score (nSPS) is 10.7. The zero-order chi connectivity index (χ0) is 18.7. The molecule has 1 amide bonds. The first-order chi connectivity index (χ1) is 12.5. The van der Waals surface area contributed by atoms with Crippen LogP contribution in [0.25, 0.3) is 10.9 Å². The van der Waals surface area contributed by atoms with Crippen LogP contribution in [0.3, 0.4) is 0 Å². The van der Waals surface area contributed by atoms with Crippen molar-refractivity contribution >= 4 is 28.2 Å². The van der Waals surface area contributed by atoms with E-state index in [-0.39, 0.29) is 23.4 Å². The first-order valence-corrected chi connectivity index (χ1v) is 7.69. The fourth-order valence-corrected chi connectivity index (χ4v) is 2.71. The molecule has 26 heavy (non-hydrogen) atoms. The number of anilines is 1. The third kappa shape index (κ3) is 3.45. The molecule has 0 saturated heterocycles. The van der Waals surface area contributed by atoms with E-state index in [0.29, 0.717) is 11.2 Å². The number of ether oxygens (including phenoxy) is 1. The number of benzene rings is 2. The number of nitro groups is 1.